The lowest BCUT2D eigenvalue weighted by Crippen LogP contribution is -2.59. The second-order valence-corrected chi connectivity index (χ2v) is 6.45. The minimum atomic E-state index is -0.538. The molecule has 3 amide bonds. The van der Waals surface area contributed by atoms with Crippen molar-refractivity contribution in [2.24, 2.45) is 0 Å². The van der Waals surface area contributed by atoms with Crippen LogP contribution in [0.1, 0.15) is 25.3 Å². The first-order valence-corrected chi connectivity index (χ1v) is 8.60. The molecular formula is C18H22FN3O3. The Morgan fingerprint density at radius 1 is 1.24 bits per heavy atom. The van der Waals surface area contributed by atoms with E-state index in [4.69, 9.17) is 0 Å². The summed E-state index contributed by atoms with van der Waals surface area (Å²) in [7, 11) is 0. The summed E-state index contributed by atoms with van der Waals surface area (Å²) < 4.78 is 13.4. The van der Waals surface area contributed by atoms with Crippen molar-refractivity contribution in [3.8, 4) is 0 Å². The zero-order valence-electron chi connectivity index (χ0n) is 14.3. The highest BCUT2D eigenvalue weighted by Gasteiger charge is 2.40. The number of piperazine rings is 1. The third kappa shape index (κ3) is 3.65. The molecule has 0 bridgehead atoms. The van der Waals surface area contributed by atoms with Crippen molar-refractivity contribution in [1.29, 1.82) is 0 Å². The summed E-state index contributed by atoms with van der Waals surface area (Å²) in [6.07, 6.45) is 0.855. The smallest absolute Gasteiger partial charge is 0.246 e. The van der Waals surface area contributed by atoms with E-state index in [1.54, 1.807) is 28.9 Å². The number of nitrogens with zero attached hydrogens (tertiary/aromatic N) is 3. The fraction of sp³-hybridized carbons (Fsp3) is 0.500. The summed E-state index contributed by atoms with van der Waals surface area (Å²) in [6.45, 7) is 3.33. The van der Waals surface area contributed by atoms with Crippen molar-refractivity contribution in [3.05, 3.63) is 35.6 Å². The predicted octanol–water partition coefficient (Wildman–Crippen LogP) is 1.01. The van der Waals surface area contributed by atoms with Crippen LogP contribution >= 0.6 is 0 Å². The van der Waals surface area contributed by atoms with Crippen LogP contribution in [0.3, 0.4) is 0 Å². The van der Waals surface area contributed by atoms with Crippen molar-refractivity contribution in [2.45, 2.75) is 32.4 Å². The summed E-state index contributed by atoms with van der Waals surface area (Å²) in [6, 6.07) is 5.51. The summed E-state index contributed by atoms with van der Waals surface area (Å²) in [5.41, 5.74) is 0.658. The molecular weight excluding hydrogens is 325 g/mol. The average molecular weight is 347 g/mol. The van der Waals surface area contributed by atoms with Gasteiger partial charge in [-0.05, 0) is 24.1 Å². The van der Waals surface area contributed by atoms with Crippen LogP contribution in [0.2, 0.25) is 0 Å². The molecule has 3 rings (SSSR count). The van der Waals surface area contributed by atoms with E-state index in [9.17, 15) is 18.8 Å². The minimum absolute atomic E-state index is 0.00638. The topological polar surface area (TPSA) is 60.9 Å². The Balaban J connectivity index is 1.74. The van der Waals surface area contributed by atoms with E-state index in [2.05, 4.69) is 0 Å². The molecule has 2 heterocycles. The van der Waals surface area contributed by atoms with Gasteiger partial charge in [0, 0.05) is 32.6 Å². The Labute approximate surface area is 146 Å². The normalized spacial score (nSPS) is 21.2. The molecule has 1 aromatic rings. The standard InChI is InChI=1S/C18H22FN3O3/c1-2-16(23)20-7-6-15-18(25)21(12-17(24)22(15)9-8-20)11-13-4-3-5-14(19)10-13/h3-5,10,15H,2,6-9,11-12H2,1H3. The highest BCUT2D eigenvalue weighted by molar-refractivity contribution is 5.95. The molecule has 0 N–H and O–H groups in total. The molecule has 0 spiro atoms. The Hall–Kier alpha value is -2.44. The maximum Gasteiger partial charge on any atom is 0.246 e. The van der Waals surface area contributed by atoms with E-state index in [1.165, 1.54) is 17.0 Å². The number of carbonyl (C=O) groups is 3. The summed E-state index contributed by atoms with van der Waals surface area (Å²) in [5, 5.41) is 0. The van der Waals surface area contributed by atoms with Gasteiger partial charge in [-0.25, -0.2) is 4.39 Å². The number of carbonyl (C=O) groups excluding carboxylic acids is 3. The SMILES string of the molecule is CCC(=O)N1CCC2C(=O)N(Cc3cccc(F)c3)CC(=O)N2CC1. The van der Waals surface area contributed by atoms with Crippen molar-refractivity contribution >= 4 is 17.7 Å². The first kappa shape index (κ1) is 17.4. The molecule has 0 radical (unpaired) electrons. The van der Waals surface area contributed by atoms with Crippen molar-refractivity contribution < 1.29 is 18.8 Å². The number of hydrogen-bond acceptors (Lipinski definition) is 3. The van der Waals surface area contributed by atoms with E-state index in [0.29, 0.717) is 38.0 Å². The van der Waals surface area contributed by atoms with Gasteiger partial charge in [-0.3, -0.25) is 14.4 Å². The zero-order chi connectivity index (χ0) is 18.0. The Morgan fingerprint density at radius 2 is 2.04 bits per heavy atom. The van der Waals surface area contributed by atoms with Crippen molar-refractivity contribution in [3.63, 3.8) is 0 Å². The minimum Gasteiger partial charge on any atom is -0.341 e. The van der Waals surface area contributed by atoms with Gasteiger partial charge < -0.3 is 14.7 Å². The lowest BCUT2D eigenvalue weighted by molar-refractivity contribution is -0.156. The Kier molecular flexibility index (Phi) is 5.01. The van der Waals surface area contributed by atoms with Gasteiger partial charge in [0.25, 0.3) is 0 Å². The summed E-state index contributed by atoms with van der Waals surface area (Å²) in [4.78, 5) is 42.0. The van der Waals surface area contributed by atoms with Gasteiger partial charge in [-0.2, -0.15) is 0 Å². The van der Waals surface area contributed by atoms with E-state index >= 15 is 0 Å². The Morgan fingerprint density at radius 3 is 2.76 bits per heavy atom. The fourth-order valence-electron chi connectivity index (χ4n) is 3.49. The number of fused-ring (bicyclic) bond motifs is 1. The van der Waals surface area contributed by atoms with E-state index in [1.807, 2.05) is 0 Å². The molecule has 0 aromatic heterocycles. The van der Waals surface area contributed by atoms with Gasteiger partial charge in [-0.1, -0.05) is 19.1 Å². The molecule has 1 aromatic carbocycles. The van der Waals surface area contributed by atoms with E-state index in [-0.39, 0.29) is 36.6 Å². The summed E-state index contributed by atoms with van der Waals surface area (Å²) >= 11 is 0. The third-order valence-corrected chi connectivity index (χ3v) is 4.82. The molecule has 25 heavy (non-hydrogen) atoms. The molecule has 7 heteroatoms. The number of benzene rings is 1. The lowest BCUT2D eigenvalue weighted by atomic mass is 10.1. The average Bonchev–Trinajstić information content (AvgIpc) is 2.82. The molecule has 1 unspecified atom stereocenters. The van der Waals surface area contributed by atoms with Gasteiger partial charge >= 0.3 is 0 Å². The maximum atomic E-state index is 13.4. The first-order chi connectivity index (χ1) is 12.0. The van der Waals surface area contributed by atoms with Crippen molar-refractivity contribution in [2.75, 3.05) is 26.2 Å². The second-order valence-electron chi connectivity index (χ2n) is 6.45. The highest BCUT2D eigenvalue weighted by Crippen LogP contribution is 2.21. The maximum absolute atomic E-state index is 13.4. The first-order valence-electron chi connectivity index (χ1n) is 8.60. The van der Waals surface area contributed by atoms with E-state index < -0.39 is 6.04 Å². The molecule has 2 fully saturated rings. The number of halogens is 1. The molecule has 6 nitrogen and oxygen atoms in total. The number of hydrogen-bond donors (Lipinski definition) is 0. The van der Waals surface area contributed by atoms with Gasteiger partial charge in [0.1, 0.15) is 18.4 Å². The van der Waals surface area contributed by atoms with E-state index in [0.717, 1.165) is 0 Å². The van der Waals surface area contributed by atoms with Crippen LogP contribution in [0.15, 0.2) is 24.3 Å². The molecule has 2 aliphatic rings. The van der Waals surface area contributed by atoms with Crippen LogP contribution in [-0.2, 0) is 20.9 Å². The van der Waals surface area contributed by atoms with Crippen LogP contribution in [0, 0.1) is 5.82 Å². The van der Waals surface area contributed by atoms with Crippen LogP contribution in [0.4, 0.5) is 4.39 Å². The fourth-order valence-corrected chi connectivity index (χ4v) is 3.49. The lowest BCUT2D eigenvalue weighted by Gasteiger charge is -2.39. The number of rotatable bonds is 3. The molecule has 0 aliphatic carbocycles. The number of amides is 3. The van der Waals surface area contributed by atoms with Crippen LogP contribution in [-0.4, -0.2) is 64.6 Å². The molecule has 2 aliphatic heterocycles. The zero-order valence-corrected chi connectivity index (χ0v) is 14.3. The largest absolute Gasteiger partial charge is 0.341 e. The molecule has 2 saturated heterocycles. The quantitative estimate of drug-likeness (QED) is 0.820. The second kappa shape index (κ2) is 7.21. The van der Waals surface area contributed by atoms with Crippen LogP contribution < -0.4 is 0 Å². The molecule has 1 atom stereocenters. The van der Waals surface area contributed by atoms with Crippen LogP contribution in [0.25, 0.3) is 0 Å². The monoisotopic (exact) mass is 347 g/mol. The predicted molar refractivity (Wildman–Crippen MR) is 88.8 cm³/mol. The van der Waals surface area contributed by atoms with Gasteiger partial charge in [-0.15, -0.1) is 0 Å². The third-order valence-electron chi connectivity index (χ3n) is 4.82. The van der Waals surface area contributed by atoms with Gasteiger partial charge in [0.15, 0.2) is 0 Å². The summed E-state index contributed by atoms with van der Waals surface area (Å²) in [5.74, 6) is -0.573. The molecule has 134 valence electrons. The van der Waals surface area contributed by atoms with Crippen LogP contribution in [0.5, 0.6) is 0 Å². The Bertz CT molecular complexity index is 694. The van der Waals surface area contributed by atoms with Gasteiger partial charge in [0.2, 0.25) is 17.7 Å². The highest BCUT2D eigenvalue weighted by atomic mass is 19.1. The van der Waals surface area contributed by atoms with Gasteiger partial charge in [0.05, 0.1) is 0 Å². The molecule has 0 saturated carbocycles. The van der Waals surface area contributed by atoms with Crippen molar-refractivity contribution in [1.82, 2.24) is 14.7 Å².